The Kier molecular flexibility index (Phi) is 2.29. The number of fused-ring (bicyclic) bond motifs is 1. The smallest absolute Gasteiger partial charge is 0.0349 e. The molecule has 2 aromatic heterocycles. The van der Waals surface area contributed by atoms with E-state index in [1.807, 2.05) is 0 Å². The van der Waals surface area contributed by atoms with E-state index in [0.717, 1.165) is 0 Å². The van der Waals surface area contributed by atoms with Crippen LogP contribution in [0.15, 0.2) is 42.0 Å². The number of thiophene rings is 1. The second kappa shape index (κ2) is 3.64. The summed E-state index contributed by atoms with van der Waals surface area (Å²) in [7, 11) is 0. The van der Waals surface area contributed by atoms with E-state index in [9.17, 15) is 0 Å². The quantitative estimate of drug-likeness (QED) is 0.634. The molecule has 0 fully saturated rings. The zero-order valence-electron chi connectivity index (χ0n) is 7.83. The third kappa shape index (κ3) is 1.50. The second-order valence-corrected chi connectivity index (χ2v) is 5.46. The molecular formula is C12H8INS. The monoisotopic (exact) mass is 325 g/mol. The van der Waals surface area contributed by atoms with Gasteiger partial charge in [0, 0.05) is 37.2 Å². The van der Waals surface area contributed by atoms with Gasteiger partial charge < -0.3 is 4.98 Å². The van der Waals surface area contributed by atoms with Gasteiger partial charge in [-0.05, 0) is 40.1 Å². The molecule has 74 valence electrons. The highest BCUT2D eigenvalue weighted by Gasteiger charge is 2.07. The Morgan fingerprint density at radius 2 is 1.93 bits per heavy atom. The highest BCUT2D eigenvalue weighted by molar-refractivity contribution is 14.1. The molecule has 3 heteroatoms. The van der Waals surface area contributed by atoms with Crippen LogP contribution < -0.4 is 0 Å². The third-order valence-electron chi connectivity index (χ3n) is 2.48. The fourth-order valence-electron chi connectivity index (χ4n) is 1.77. The van der Waals surface area contributed by atoms with Crippen LogP contribution in [-0.4, -0.2) is 4.98 Å². The van der Waals surface area contributed by atoms with Crippen LogP contribution in [0.4, 0.5) is 0 Å². The van der Waals surface area contributed by atoms with Crippen molar-refractivity contribution in [1.29, 1.82) is 0 Å². The van der Waals surface area contributed by atoms with Gasteiger partial charge in [-0.15, -0.1) is 11.3 Å². The predicted molar refractivity (Wildman–Crippen MR) is 74.3 cm³/mol. The summed E-state index contributed by atoms with van der Waals surface area (Å²) in [6, 6.07) is 8.63. The molecule has 0 unspecified atom stereocenters. The van der Waals surface area contributed by atoms with Gasteiger partial charge in [0.05, 0.1) is 0 Å². The molecule has 0 atom stereocenters. The number of nitrogens with one attached hydrogen (secondary N) is 1. The number of hydrogen-bond donors (Lipinski definition) is 1. The molecule has 0 radical (unpaired) electrons. The zero-order chi connectivity index (χ0) is 10.3. The summed E-state index contributed by atoms with van der Waals surface area (Å²) in [5, 5.41) is 4.73. The number of aromatic amines is 1. The highest BCUT2D eigenvalue weighted by Crippen LogP contribution is 2.33. The first-order valence-corrected chi connectivity index (χ1v) is 6.61. The molecular weight excluding hydrogens is 317 g/mol. The van der Waals surface area contributed by atoms with Crippen molar-refractivity contribution in [3.05, 3.63) is 45.6 Å². The Bertz CT molecular complexity index is 595. The van der Waals surface area contributed by atoms with E-state index in [2.05, 4.69) is 69.6 Å². The molecule has 0 aliphatic carbocycles. The number of rotatable bonds is 1. The Balaban J connectivity index is 2.37. The normalized spacial score (nSPS) is 11.0. The van der Waals surface area contributed by atoms with E-state index in [1.54, 1.807) is 11.3 Å². The van der Waals surface area contributed by atoms with Crippen molar-refractivity contribution in [3.8, 4) is 10.4 Å². The van der Waals surface area contributed by atoms with E-state index < -0.39 is 0 Å². The number of H-pyrrole nitrogens is 1. The minimum atomic E-state index is 1.30. The molecule has 0 saturated carbocycles. The molecule has 1 nitrogen and oxygen atoms in total. The average Bonchev–Trinajstić information content (AvgIpc) is 2.88. The zero-order valence-corrected chi connectivity index (χ0v) is 10.8. The van der Waals surface area contributed by atoms with Gasteiger partial charge in [0.2, 0.25) is 0 Å². The number of aromatic nitrogens is 1. The van der Waals surface area contributed by atoms with E-state index in [4.69, 9.17) is 0 Å². The van der Waals surface area contributed by atoms with Crippen molar-refractivity contribution in [2.45, 2.75) is 0 Å². The maximum Gasteiger partial charge on any atom is 0.0349 e. The SMILES string of the molecule is Ic1ccc(-c2cccs2)c2c[nH]cc12. The molecule has 3 rings (SSSR count). The van der Waals surface area contributed by atoms with Gasteiger partial charge in [-0.1, -0.05) is 12.1 Å². The topological polar surface area (TPSA) is 15.8 Å². The first kappa shape index (κ1) is 9.42. The summed E-state index contributed by atoms with van der Waals surface area (Å²) in [5.74, 6) is 0. The van der Waals surface area contributed by atoms with Crippen LogP contribution in [0.3, 0.4) is 0 Å². The Morgan fingerprint density at radius 1 is 1.07 bits per heavy atom. The second-order valence-electron chi connectivity index (χ2n) is 3.35. The van der Waals surface area contributed by atoms with Crippen molar-refractivity contribution in [2.24, 2.45) is 0 Å². The van der Waals surface area contributed by atoms with Crippen LogP contribution >= 0.6 is 33.9 Å². The lowest BCUT2D eigenvalue weighted by Gasteiger charge is -2.01. The molecule has 0 spiro atoms. The molecule has 15 heavy (non-hydrogen) atoms. The van der Waals surface area contributed by atoms with Gasteiger partial charge in [0.15, 0.2) is 0 Å². The molecule has 0 bridgehead atoms. The maximum atomic E-state index is 3.18. The van der Waals surface area contributed by atoms with Crippen molar-refractivity contribution in [2.75, 3.05) is 0 Å². The van der Waals surface area contributed by atoms with Crippen LogP contribution in [-0.2, 0) is 0 Å². The summed E-state index contributed by atoms with van der Waals surface area (Å²) >= 11 is 4.16. The van der Waals surface area contributed by atoms with Crippen LogP contribution in [0.5, 0.6) is 0 Å². The summed E-state index contributed by atoms with van der Waals surface area (Å²) < 4.78 is 1.30. The summed E-state index contributed by atoms with van der Waals surface area (Å²) in [4.78, 5) is 4.51. The number of hydrogen-bond acceptors (Lipinski definition) is 1. The molecule has 2 heterocycles. The van der Waals surface area contributed by atoms with Gasteiger partial charge in [0.25, 0.3) is 0 Å². The van der Waals surface area contributed by atoms with Crippen molar-refractivity contribution in [3.63, 3.8) is 0 Å². The minimum Gasteiger partial charge on any atom is -0.366 e. The molecule has 0 aliphatic rings. The fraction of sp³-hybridized carbons (Fsp3) is 0. The van der Waals surface area contributed by atoms with Crippen molar-refractivity contribution < 1.29 is 0 Å². The Hall–Kier alpha value is -0.810. The van der Waals surface area contributed by atoms with E-state index in [-0.39, 0.29) is 0 Å². The van der Waals surface area contributed by atoms with E-state index in [0.29, 0.717) is 0 Å². The van der Waals surface area contributed by atoms with Crippen LogP contribution in [0.1, 0.15) is 0 Å². The lowest BCUT2D eigenvalue weighted by Crippen LogP contribution is -1.77. The lowest BCUT2D eigenvalue weighted by molar-refractivity contribution is 1.43. The Morgan fingerprint density at radius 3 is 2.73 bits per heavy atom. The van der Waals surface area contributed by atoms with Crippen LogP contribution in [0, 0.1) is 3.57 Å². The number of benzene rings is 1. The van der Waals surface area contributed by atoms with Crippen molar-refractivity contribution >= 4 is 44.7 Å². The lowest BCUT2D eigenvalue weighted by atomic mass is 10.1. The van der Waals surface area contributed by atoms with Crippen LogP contribution in [0.2, 0.25) is 0 Å². The minimum absolute atomic E-state index is 1.30. The number of halogens is 1. The molecule has 0 amide bonds. The van der Waals surface area contributed by atoms with E-state index in [1.165, 1.54) is 24.8 Å². The van der Waals surface area contributed by atoms with Gasteiger partial charge in [0.1, 0.15) is 0 Å². The highest BCUT2D eigenvalue weighted by atomic mass is 127. The van der Waals surface area contributed by atoms with Crippen LogP contribution in [0.25, 0.3) is 21.2 Å². The molecule has 1 N–H and O–H groups in total. The van der Waals surface area contributed by atoms with Gasteiger partial charge in [-0.2, -0.15) is 0 Å². The molecule has 0 aliphatic heterocycles. The molecule has 0 saturated heterocycles. The van der Waals surface area contributed by atoms with Gasteiger partial charge in [-0.3, -0.25) is 0 Å². The maximum absolute atomic E-state index is 3.18. The first-order valence-electron chi connectivity index (χ1n) is 4.65. The first-order chi connectivity index (χ1) is 7.36. The Labute approximate surface area is 105 Å². The average molecular weight is 325 g/mol. The third-order valence-corrected chi connectivity index (χ3v) is 4.32. The van der Waals surface area contributed by atoms with E-state index >= 15 is 0 Å². The summed E-state index contributed by atoms with van der Waals surface area (Å²) in [5.41, 5.74) is 1.32. The van der Waals surface area contributed by atoms with Gasteiger partial charge >= 0.3 is 0 Å². The summed E-state index contributed by atoms with van der Waals surface area (Å²) in [6.45, 7) is 0. The summed E-state index contributed by atoms with van der Waals surface area (Å²) in [6.07, 6.45) is 4.14. The molecule has 3 aromatic rings. The standard InChI is InChI=1S/C12H8INS/c13-11-4-3-8(12-2-1-5-15-12)9-6-14-7-10(9)11/h1-7,14H. The fourth-order valence-corrected chi connectivity index (χ4v) is 3.16. The predicted octanol–water partition coefficient (Wildman–Crippen LogP) is 4.50. The molecule has 1 aromatic carbocycles. The van der Waals surface area contributed by atoms with Gasteiger partial charge in [-0.25, -0.2) is 0 Å². The van der Waals surface area contributed by atoms with Crippen molar-refractivity contribution in [1.82, 2.24) is 4.98 Å². The largest absolute Gasteiger partial charge is 0.366 e.